The lowest BCUT2D eigenvalue weighted by atomic mass is 10.1. The Morgan fingerprint density at radius 3 is 2.51 bits per heavy atom. The number of methoxy groups -OCH3 is 2. The Morgan fingerprint density at radius 1 is 1.03 bits per heavy atom. The first-order valence-corrected chi connectivity index (χ1v) is 12.2. The molecule has 10 nitrogen and oxygen atoms in total. The van der Waals surface area contributed by atoms with Crippen molar-refractivity contribution >= 4 is 33.8 Å². The number of halogens is 2. The van der Waals surface area contributed by atoms with E-state index in [1.54, 1.807) is 43.1 Å². The van der Waals surface area contributed by atoms with E-state index in [0.29, 0.717) is 45.3 Å². The molecule has 1 N–H and O–H groups in total. The molecule has 35 heavy (non-hydrogen) atoms. The standard InChI is InChI=1S/C22H22BrFN8O2S/c1-12(19-25-10-14(24)11-26-19)13(2)35-31-22-30-29-20(15-6-5-7-18(27-15)34-4)32(22)21-16(33-3)8-9-17(23)28-21/h5-13H,1-4H3,(H,30,31). The fraction of sp³-hybridized carbons (Fsp3) is 0.273. The second-order valence-corrected chi connectivity index (χ2v) is 9.38. The van der Waals surface area contributed by atoms with Crippen molar-refractivity contribution in [2.45, 2.75) is 25.0 Å². The van der Waals surface area contributed by atoms with Gasteiger partial charge < -0.3 is 9.47 Å². The number of aromatic nitrogens is 7. The fourth-order valence-corrected chi connectivity index (χ4v) is 4.17. The number of hydrogen-bond donors (Lipinski definition) is 1. The van der Waals surface area contributed by atoms with Gasteiger partial charge >= 0.3 is 0 Å². The summed E-state index contributed by atoms with van der Waals surface area (Å²) in [5.74, 6) is 2.30. The molecule has 0 aliphatic rings. The molecule has 4 aromatic rings. The first-order valence-electron chi connectivity index (χ1n) is 10.5. The molecule has 0 saturated heterocycles. The normalized spacial score (nSPS) is 12.7. The van der Waals surface area contributed by atoms with E-state index >= 15 is 0 Å². The van der Waals surface area contributed by atoms with E-state index in [9.17, 15) is 4.39 Å². The lowest BCUT2D eigenvalue weighted by molar-refractivity contribution is 0.398. The molecular formula is C22H22BrFN8O2S. The minimum atomic E-state index is -0.471. The molecule has 0 aromatic carbocycles. The highest BCUT2D eigenvalue weighted by Crippen LogP contribution is 2.33. The summed E-state index contributed by atoms with van der Waals surface area (Å²) in [6.45, 7) is 3.99. The summed E-state index contributed by atoms with van der Waals surface area (Å²) in [6, 6.07) is 8.95. The summed E-state index contributed by atoms with van der Waals surface area (Å²) >= 11 is 4.84. The molecule has 2 atom stereocenters. The highest BCUT2D eigenvalue weighted by atomic mass is 79.9. The van der Waals surface area contributed by atoms with Gasteiger partial charge in [-0.2, -0.15) is 0 Å². The number of nitrogens with zero attached hydrogens (tertiary/aromatic N) is 7. The van der Waals surface area contributed by atoms with Gasteiger partial charge in [-0.15, -0.1) is 10.2 Å². The van der Waals surface area contributed by atoms with E-state index in [0.717, 1.165) is 0 Å². The summed E-state index contributed by atoms with van der Waals surface area (Å²) in [7, 11) is 3.11. The molecule has 4 rings (SSSR count). The van der Waals surface area contributed by atoms with E-state index < -0.39 is 5.82 Å². The van der Waals surface area contributed by atoms with Crippen LogP contribution in [0.5, 0.6) is 11.6 Å². The van der Waals surface area contributed by atoms with Crippen molar-refractivity contribution < 1.29 is 13.9 Å². The zero-order valence-corrected chi connectivity index (χ0v) is 21.7. The molecule has 182 valence electrons. The maximum absolute atomic E-state index is 13.2. The van der Waals surface area contributed by atoms with Crippen molar-refractivity contribution in [2.24, 2.45) is 0 Å². The van der Waals surface area contributed by atoms with Crippen LogP contribution in [0.3, 0.4) is 0 Å². The van der Waals surface area contributed by atoms with Gasteiger partial charge in [-0.1, -0.05) is 19.9 Å². The molecule has 0 saturated carbocycles. The van der Waals surface area contributed by atoms with Gasteiger partial charge in [-0.05, 0) is 46.1 Å². The highest BCUT2D eigenvalue weighted by molar-refractivity contribution is 9.10. The summed E-state index contributed by atoms with van der Waals surface area (Å²) in [5.41, 5.74) is 0.542. The van der Waals surface area contributed by atoms with Gasteiger partial charge in [-0.3, -0.25) is 4.72 Å². The summed E-state index contributed by atoms with van der Waals surface area (Å²) < 4.78 is 29.7. The first-order chi connectivity index (χ1) is 16.9. The molecule has 0 spiro atoms. The predicted molar refractivity (Wildman–Crippen MR) is 134 cm³/mol. The Balaban J connectivity index is 1.70. The van der Waals surface area contributed by atoms with Crippen molar-refractivity contribution in [3.63, 3.8) is 0 Å². The van der Waals surface area contributed by atoms with Crippen molar-refractivity contribution in [1.82, 2.24) is 34.7 Å². The number of hydrogen-bond acceptors (Lipinski definition) is 10. The van der Waals surface area contributed by atoms with Crippen molar-refractivity contribution in [3.05, 3.63) is 59.0 Å². The van der Waals surface area contributed by atoms with Crippen LogP contribution in [0.2, 0.25) is 0 Å². The van der Waals surface area contributed by atoms with Gasteiger partial charge in [0.15, 0.2) is 23.2 Å². The Bertz CT molecular complexity index is 1310. The van der Waals surface area contributed by atoms with Crippen LogP contribution < -0.4 is 14.2 Å². The first kappa shape index (κ1) is 24.8. The second-order valence-electron chi connectivity index (χ2n) is 7.38. The van der Waals surface area contributed by atoms with Crippen LogP contribution in [-0.2, 0) is 0 Å². The van der Waals surface area contributed by atoms with Crippen LogP contribution in [0.15, 0.2) is 47.3 Å². The third-order valence-corrected chi connectivity index (χ3v) is 6.67. The number of nitrogens with one attached hydrogen (secondary N) is 1. The Kier molecular flexibility index (Phi) is 7.76. The zero-order chi connectivity index (χ0) is 24.9. The molecule has 4 heterocycles. The third kappa shape index (κ3) is 5.51. The Morgan fingerprint density at radius 2 is 1.80 bits per heavy atom. The molecular weight excluding hydrogens is 539 g/mol. The SMILES string of the molecule is COc1cccc(-c2nnc(NSC(C)C(C)c3ncc(F)cn3)n2-c2nc(Br)ccc2OC)n1. The smallest absolute Gasteiger partial charge is 0.240 e. The lowest BCUT2D eigenvalue weighted by Gasteiger charge is -2.19. The van der Waals surface area contributed by atoms with E-state index in [1.807, 2.05) is 19.9 Å². The number of rotatable bonds is 9. The third-order valence-electron chi connectivity index (χ3n) is 5.15. The maximum atomic E-state index is 13.2. The Labute approximate surface area is 214 Å². The number of ether oxygens (including phenoxy) is 2. The van der Waals surface area contributed by atoms with Crippen LogP contribution in [0, 0.1) is 5.82 Å². The van der Waals surface area contributed by atoms with Gasteiger partial charge in [0.05, 0.1) is 26.6 Å². The van der Waals surface area contributed by atoms with Gasteiger partial charge in [-0.25, -0.2) is 28.9 Å². The molecule has 0 fully saturated rings. The van der Waals surface area contributed by atoms with Crippen LogP contribution in [0.1, 0.15) is 25.6 Å². The quantitative estimate of drug-likeness (QED) is 0.228. The number of pyridine rings is 2. The van der Waals surface area contributed by atoms with Crippen molar-refractivity contribution in [3.8, 4) is 29.0 Å². The summed E-state index contributed by atoms with van der Waals surface area (Å²) in [6.07, 6.45) is 2.33. The van der Waals surface area contributed by atoms with E-state index in [1.165, 1.54) is 24.3 Å². The average molecular weight is 561 g/mol. The van der Waals surface area contributed by atoms with Crippen LogP contribution in [0.4, 0.5) is 10.3 Å². The molecule has 0 aliphatic carbocycles. The molecule has 4 aromatic heterocycles. The molecule has 0 aliphatic heterocycles. The lowest BCUT2D eigenvalue weighted by Crippen LogP contribution is -2.15. The summed E-state index contributed by atoms with van der Waals surface area (Å²) in [5, 5.41) is 8.73. The van der Waals surface area contributed by atoms with E-state index in [4.69, 9.17) is 9.47 Å². The molecule has 0 amide bonds. The zero-order valence-electron chi connectivity index (χ0n) is 19.3. The van der Waals surface area contributed by atoms with E-state index in [2.05, 4.69) is 50.8 Å². The largest absolute Gasteiger partial charge is 0.493 e. The number of anilines is 1. The van der Waals surface area contributed by atoms with Crippen molar-refractivity contribution in [1.29, 1.82) is 0 Å². The summed E-state index contributed by atoms with van der Waals surface area (Å²) in [4.78, 5) is 17.3. The molecule has 13 heteroatoms. The second kappa shape index (κ2) is 11.0. The molecule has 2 unspecified atom stereocenters. The van der Waals surface area contributed by atoms with Crippen LogP contribution in [-0.4, -0.2) is 54.2 Å². The minimum absolute atomic E-state index is 0.00127. The predicted octanol–water partition coefficient (Wildman–Crippen LogP) is 4.69. The van der Waals surface area contributed by atoms with Gasteiger partial charge in [0, 0.05) is 17.2 Å². The minimum Gasteiger partial charge on any atom is -0.493 e. The fourth-order valence-electron chi connectivity index (χ4n) is 3.12. The van der Waals surface area contributed by atoms with E-state index in [-0.39, 0.29) is 11.2 Å². The van der Waals surface area contributed by atoms with Gasteiger partial charge in [0.25, 0.3) is 0 Å². The highest BCUT2D eigenvalue weighted by Gasteiger charge is 2.24. The molecule has 0 bridgehead atoms. The van der Waals surface area contributed by atoms with Crippen LogP contribution in [0.25, 0.3) is 17.3 Å². The molecule has 0 radical (unpaired) electrons. The van der Waals surface area contributed by atoms with Crippen molar-refractivity contribution in [2.75, 3.05) is 18.9 Å². The topological polar surface area (TPSA) is 113 Å². The average Bonchev–Trinajstić information content (AvgIpc) is 3.31. The van der Waals surface area contributed by atoms with Gasteiger partial charge in [0.2, 0.25) is 11.8 Å². The van der Waals surface area contributed by atoms with Gasteiger partial charge in [0.1, 0.15) is 16.1 Å². The van der Waals surface area contributed by atoms with Crippen LogP contribution >= 0.6 is 27.9 Å². The Hall–Kier alpha value is -3.32. The maximum Gasteiger partial charge on any atom is 0.240 e. The monoisotopic (exact) mass is 560 g/mol.